The van der Waals surface area contributed by atoms with Gasteiger partial charge in [0.15, 0.2) is 0 Å². The fourth-order valence-electron chi connectivity index (χ4n) is 2.53. The normalized spacial score (nSPS) is 11.8. The molecular formula is C18H21FN2O2. The number of rotatable bonds is 6. The van der Waals surface area contributed by atoms with Crippen molar-refractivity contribution in [1.29, 1.82) is 0 Å². The van der Waals surface area contributed by atoms with E-state index in [1.165, 1.54) is 0 Å². The molecule has 0 aliphatic heterocycles. The van der Waals surface area contributed by atoms with Gasteiger partial charge in [0.05, 0.1) is 0 Å². The highest BCUT2D eigenvalue weighted by atomic mass is 19.1. The molecule has 0 bridgehead atoms. The van der Waals surface area contributed by atoms with Crippen LogP contribution in [-0.4, -0.2) is 17.2 Å². The van der Waals surface area contributed by atoms with Crippen molar-refractivity contribution >= 4 is 11.6 Å². The summed E-state index contributed by atoms with van der Waals surface area (Å²) in [5.74, 6) is -0.761. The van der Waals surface area contributed by atoms with E-state index >= 15 is 0 Å². The van der Waals surface area contributed by atoms with Crippen LogP contribution in [-0.2, 0) is 11.2 Å². The number of hydroxylamine groups is 1. The van der Waals surface area contributed by atoms with Crippen LogP contribution in [0.3, 0.4) is 0 Å². The van der Waals surface area contributed by atoms with Gasteiger partial charge in [0.25, 0.3) is 5.91 Å². The molecule has 4 nitrogen and oxygen atoms in total. The average Bonchev–Trinajstić information content (AvgIpc) is 2.56. The van der Waals surface area contributed by atoms with Crippen molar-refractivity contribution in [3.05, 3.63) is 65.0 Å². The first-order valence-electron chi connectivity index (χ1n) is 7.52. The van der Waals surface area contributed by atoms with Crippen molar-refractivity contribution in [3.63, 3.8) is 0 Å². The summed E-state index contributed by atoms with van der Waals surface area (Å²) in [4.78, 5) is 11.9. The molecule has 2 aromatic rings. The molecule has 2 rings (SSSR count). The lowest BCUT2D eigenvalue weighted by atomic mass is 10.0. The SMILES string of the molecule is Cc1cc(N[C@H](CCc2ccccc2)C(=O)NO)cc(C)c1F. The molecule has 1 atom stereocenters. The van der Waals surface area contributed by atoms with E-state index in [0.717, 1.165) is 5.56 Å². The summed E-state index contributed by atoms with van der Waals surface area (Å²) < 4.78 is 13.7. The van der Waals surface area contributed by atoms with Gasteiger partial charge in [0.1, 0.15) is 11.9 Å². The molecule has 0 aliphatic rings. The second kappa shape index (κ2) is 7.74. The minimum absolute atomic E-state index is 0.247. The van der Waals surface area contributed by atoms with Gasteiger partial charge in [0.2, 0.25) is 0 Å². The molecule has 0 aliphatic carbocycles. The standard InChI is InChI=1S/C18H21FN2O2/c1-12-10-15(11-13(2)17(12)19)20-16(18(22)21-23)9-8-14-6-4-3-5-7-14/h3-7,10-11,16,20,23H,8-9H2,1-2H3,(H,21,22)/t16-/m1/s1. The number of amides is 1. The van der Waals surface area contributed by atoms with Crippen LogP contribution in [0.2, 0.25) is 0 Å². The lowest BCUT2D eigenvalue weighted by Gasteiger charge is -2.19. The van der Waals surface area contributed by atoms with Crippen LogP contribution in [0.1, 0.15) is 23.1 Å². The summed E-state index contributed by atoms with van der Waals surface area (Å²) in [6.07, 6.45) is 1.19. The van der Waals surface area contributed by atoms with Gasteiger partial charge in [-0.25, -0.2) is 9.87 Å². The van der Waals surface area contributed by atoms with Crippen LogP contribution in [0.5, 0.6) is 0 Å². The van der Waals surface area contributed by atoms with Crippen LogP contribution < -0.4 is 10.8 Å². The minimum Gasteiger partial charge on any atom is -0.374 e. The highest BCUT2D eigenvalue weighted by Gasteiger charge is 2.18. The Kier molecular flexibility index (Phi) is 5.71. The number of carbonyl (C=O) groups excluding carboxylic acids is 1. The molecule has 0 saturated heterocycles. The first-order chi connectivity index (χ1) is 11.0. The molecule has 0 aromatic heterocycles. The summed E-state index contributed by atoms with van der Waals surface area (Å²) in [5, 5.41) is 12.0. The molecule has 0 saturated carbocycles. The number of hydrogen-bond donors (Lipinski definition) is 3. The van der Waals surface area contributed by atoms with Crippen LogP contribution >= 0.6 is 0 Å². The third-order valence-corrected chi connectivity index (χ3v) is 3.77. The molecule has 2 aromatic carbocycles. The Hall–Kier alpha value is -2.40. The number of hydrogen-bond acceptors (Lipinski definition) is 3. The Labute approximate surface area is 135 Å². The first-order valence-corrected chi connectivity index (χ1v) is 7.52. The van der Waals surface area contributed by atoms with Crippen molar-refractivity contribution in [2.75, 3.05) is 5.32 Å². The fraction of sp³-hybridized carbons (Fsp3) is 0.278. The maximum Gasteiger partial charge on any atom is 0.265 e. The van der Waals surface area contributed by atoms with Crippen molar-refractivity contribution in [3.8, 4) is 0 Å². The topological polar surface area (TPSA) is 61.4 Å². The van der Waals surface area contributed by atoms with E-state index in [0.29, 0.717) is 29.7 Å². The van der Waals surface area contributed by atoms with Crippen LogP contribution in [0.4, 0.5) is 10.1 Å². The van der Waals surface area contributed by atoms with E-state index in [-0.39, 0.29) is 5.82 Å². The van der Waals surface area contributed by atoms with E-state index in [1.807, 2.05) is 30.3 Å². The van der Waals surface area contributed by atoms with Gasteiger partial charge in [-0.2, -0.15) is 0 Å². The van der Waals surface area contributed by atoms with Crippen LogP contribution in [0.15, 0.2) is 42.5 Å². The van der Waals surface area contributed by atoms with Crippen LogP contribution in [0, 0.1) is 19.7 Å². The largest absolute Gasteiger partial charge is 0.374 e. The molecule has 23 heavy (non-hydrogen) atoms. The number of carbonyl (C=O) groups is 1. The Morgan fingerprint density at radius 2 is 1.78 bits per heavy atom. The second-order valence-corrected chi connectivity index (χ2v) is 5.62. The number of halogens is 1. The van der Waals surface area contributed by atoms with Gasteiger partial charge >= 0.3 is 0 Å². The monoisotopic (exact) mass is 316 g/mol. The zero-order valence-electron chi connectivity index (χ0n) is 13.3. The predicted octanol–water partition coefficient (Wildman–Crippen LogP) is 3.36. The fourth-order valence-corrected chi connectivity index (χ4v) is 2.53. The highest BCUT2D eigenvalue weighted by molar-refractivity contribution is 5.83. The molecule has 0 unspecified atom stereocenters. The van der Waals surface area contributed by atoms with Crippen molar-refractivity contribution < 1.29 is 14.4 Å². The van der Waals surface area contributed by atoms with E-state index < -0.39 is 11.9 Å². The van der Waals surface area contributed by atoms with Crippen molar-refractivity contribution in [2.45, 2.75) is 32.7 Å². The molecule has 3 N–H and O–H groups in total. The van der Waals surface area contributed by atoms with E-state index in [1.54, 1.807) is 31.5 Å². The van der Waals surface area contributed by atoms with Crippen molar-refractivity contribution in [2.24, 2.45) is 0 Å². The summed E-state index contributed by atoms with van der Waals surface area (Å²) in [7, 11) is 0. The highest BCUT2D eigenvalue weighted by Crippen LogP contribution is 2.20. The zero-order valence-corrected chi connectivity index (χ0v) is 13.3. The van der Waals surface area contributed by atoms with Gasteiger partial charge in [-0.15, -0.1) is 0 Å². The smallest absolute Gasteiger partial charge is 0.265 e. The number of anilines is 1. The summed E-state index contributed by atoms with van der Waals surface area (Å²) in [6, 6.07) is 12.5. The summed E-state index contributed by atoms with van der Waals surface area (Å²) in [6.45, 7) is 3.36. The number of aryl methyl sites for hydroxylation is 3. The second-order valence-electron chi connectivity index (χ2n) is 5.62. The Bertz CT molecular complexity index is 651. The molecule has 0 heterocycles. The van der Waals surface area contributed by atoms with Gasteiger partial charge < -0.3 is 5.32 Å². The maximum absolute atomic E-state index is 13.7. The van der Waals surface area contributed by atoms with E-state index in [2.05, 4.69) is 5.32 Å². The van der Waals surface area contributed by atoms with Gasteiger partial charge in [-0.05, 0) is 55.5 Å². The third kappa shape index (κ3) is 4.53. The molecule has 1 amide bonds. The Balaban J connectivity index is 2.11. The molecular weight excluding hydrogens is 295 g/mol. The minimum atomic E-state index is -0.607. The first kappa shape index (κ1) is 17.0. The maximum atomic E-state index is 13.7. The lowest BCUT2D eigenvalue weighted by molar-refractivity contribution is -0.130. The summed E-state index contributed by atoms with van der Waals surface area (Å²) >= 11 is 0. The molecule has 0 spiro atoms. The van der Waals surface area contributed by atoms with Gasteiger partial charge in [0, 0.05) is 5.69 Å². The Morgan fingerprint density at radius 1 is 1.17 bits per heavy atom. The Morgan fingerprint density at radius 3 is 2.35 bits per heavy atom. The number of benzene rings is 2. The van der Waals surface area contributed by atoms with E-state index in [9.17, 15) is 9.18 Å². The number of nitrogens with one attached hydrogen (secondary N) is 2. The lowest BCUT2D eigenvalue weighted by Crippen LogP contribution is -2.38. The van der Waals surface area contributed by atoms with Gasteiger partial charge in [-0.3, -0.25) is 10.0 Å². The quantitative estimate of drug-likeness (QED) is 0.566. The predicted molar refractivity (Wildman–Crippen MR) is 88.0 cm³/mol. The van der Waals surface area contributed by atoms with E-state index in [4.69, 9.17) is 5.21 Å². The molecule has 0 fully saturated rings. The van der Waals surface area contributed by atoms with Crippen molar-refractivity contribution in [1.82, 2.24) is 5.48 Å². The summed E-state index contributed by atoms with van der Waals surface area (Å²) in [5.41, 5.74) is 4.48. The average molecular weight is 316 g/mol. The molecule has 122 valence electrons. The molecule has 0 radical (unpaired) electrons. The third-order valence-electron chi connectivity index (χ3n) is 3.77. The zero-order chi connectivity index (χ0) is 16.8. The van der Waals surface area contributed by atoms with Gasteiger partial charge in [-0.1, -0.05) is 30.3 Å². The van der Waals surface area contributed by atoms with Crippen LogP contribution in [0.25, 0.3) is 0 Å². The molecule has 5 heteroatoms.